The third-order valence-corrected chi connectivity index (χ3v) is 10.4. The SMILES string of the molecule is C1=C(c2ccc(-c3ccco3)cc2)C(c2ccccc2)=C(c2ccccc2)C(c2ccccc2)(c2ccc(-c3ccco3)cc2)C1c1ccccc1. The predicted molar refractivity (Wildman–Crippen MR) is 212 cm³/mol. The van der Waals surface area contributed by atoms with Crippen LogP contribution in [0.5, 0.6) is 0 Å². The summed E-state index contributed by atoms with van der Waals surface area (Å²) in [5.74, 6) is 1.64. The summed E-state index contributed by atoms with van der Waals surface area (Å²) in [6.45, 7) is 0. The van der Waals surface area contributed by atoms with E-state index in [1.54, 1.807) is 12.5 Å². The van der Waals surface area contributed by atoms with Gasteiger partial charge in [-0.1, -0.05) is 176 Å². The molecule has 2 aromatic heterocycles. The first-order valence-corrected chi connectivity index (χ1v) is 17.8. The zero-order valence-electron chi connectivity index (χ0n) is 28.6. The van der Waals surface area contributed by atoms with Crippen LogP contribution in [0.4, 0.5) is 0 Å². The highest BCUT2D eigenvalue weighted by atomic mass is 16.3. The van der Waals surface area contributed by atoms with Crippen molar-refractivity contribution in [1.29, 1.82) is 0 Å². The van der Waals surface area contributed by atoms with Gasteiger partial charge in [0.2, 0.25) is 0 Å². The Morgan fingerprint density at radius 3 is 1.37 bits per heavy atom. The van der Waals surface area contributed by atoms with Gasteiger partial charge >= 0.3 is 0 Å². The van der Waals surface area contributed by atoms with E-state index in [9.17, 15) is 0 Å². The topological polar surface area (TPSA) is 26.3 Å². The molecule has 0 amide bonds. The van der Waals surface area contributed by atoms with E-state index >= 15 is 0 Å². The lowest BCUT2D eigenvalue weighted by atomic mass is 9.53. The predicted octanol–water partition coefficient (Wildman–Crippen LogP) is 13.0. The minimum Gasteiger partial charge on any atom is -0.464 e. The minimum atomic E-state index is -0.631. The highest BCUT2D eigenvalue weighted by Gasteiger charge is 2.49. The second-order valence-corrected chi connectivity index (χ2v) is 13.2. The Bertz CT molecular complexity index is 2440. The first kappa shape index (κ1) is 31.3. The molecule has 0 N–H and O–H groups in total. The van der Waals surface area contributed by atoms with E-state index in [0.29, 0.717) is 0 Å². The van der Waals surface area contributed by atoms with Crippen molar-refractivity contribution in [1.82, 2.24) is 0 Å². The van der Waals surface area contributed by atoms with Crippen molar-refractivity contribution in [3.8, 4) is 22.6 Å². The summed E-state index contributed by atoms with van der Waals surface area (Å²) in [4.78, 5) is 0. The van der Waals surface area contributed by atoms with Gasteiger partial charge in [0.1, 0.15) is 11.5 Å². The van der Waals surface area contributed by atoms with Crippen molar-refractivity contribution in [2.75, 3.05) is 0 Å². The van der Waals surface area contributed by atoms with Gasteiger partial charge in [0.15, 0.2) is 0 Å². The molecule has 0 spiro atoms. The van der Waals surface area contributed by atoms with Gasteiger partial charge in [0.05, 0.1) is 17.9 Å². The standard InChI is InChI=1S/C50H36O2/c1-5-15-37(16-6-1)45-35-44(36-25-27-38(28-26-36)46-23-13-33-51-46)48(40-17-7-2-8-18-40)49(41-19-9-3-10-20-41)50(45,42-21-11-4-12-22-42)43-31-29-39(30-32-43)47-24-14-34-52-47/h1-35,45H. The summed E-state index contributed by atoms with van der Waals surface area (Å²) in [5.41, 5.74) is 12.3. The number of hydrogen-bond donors (Lipinski definition) is 0. The van der Waals surface area contributed by atoms with E-state index in [0.717, 1.165) is 28.2 Å². The van der Waals surface area contributed by atoms with E-state index in [-0.39, 0.29) is 5.92 Å². The van der Waals surface area contributed by atoms with Crippen molar-refractivity contribution in [3.05, 3.63) is 246 Å². The fourth-order valence-electron chi connectivity index (χ4n) is 8.10. The van der Waals surface area contributed by atoms with Crippen LogP contribution in [0.15, 0.2) is 222 Å². The molecule has 2 unspecified atom stereocenters. The largest absolute Gasteiger partial charge is 0.464 e. The summed E-state index contributed by atoms with van der Waals surface area (Å²) >= 11 is 0. The second-order valence-electron chi connectivity index (χ2n) is 13.2. The Morgan fingerprint density at radius 2 is 0.827 bits per heavy atom. The molecule has 6 aromatic carbocycles. The summed E-state index contributed by atoms with van der Waals surface area (Å²) < 4.78 is 11.6. The molecule has 2 nitrogen and oxygen atoms in total. The molecular weight excluding hydrogens is 633 g/mol. The van der Waals surface area contributed by atoms with Crippen LogP contribution in [-0.2, 0) is 5.41 Å². The molecule has 2 heterocycles. The summed E-state index contributed by atoms with van der Waals surface area (Å²) in [7, 11) is 0. The molecule has 0 bridgehead atoms. The maximum Gasteiger partial charge on any atom is 0.133 e. The van der Waals surface area contributed by atoms with Crippen molar-refractivity contribution in [3.63, 3.8) is 0 Å². The monoisotopic (exact) mass is 668 g/mol. The normalized spacial score (nSPS) is 17.2. The molecule has 9 rings (SSSR count). The van der Waals surface area contributed by atoms with Crippen LogP contribution in [0.2, 0.25) is 0 Å². The molecule has 1 aliphatic rings. The lowest BCUT2D eigenvalue weighted by Crippen LogP contribution is -2.38. The van der Waals surface area contributed by atoms with E-state index in [1.807, 2.05) is 24.3 Å². The highest BCUT2D eigenvalue weighted by molar-refractivity contribution is 6.19. The van der Waals surface area contributed by atoms with Gasteiger partial charge in [-0.3, -0.25) is 0 Å². The molecular formula is C50H36O2. The number of rotatable bonds is 8. The zero-order chi connectivity index (χ0) is 34.7. The summed E-state index contributed by atoms with van der Waals surface area (Å²) in [6, 6.07) is 69.7. The van der Waals surface area contributed by atoms with Gasteiger partial charge in [-0.05, 0) is 74.4 Å². The van der Waals surface area contributed by atoms with Gasteiger partial charge in [0, 0.05) is 17.0 Å². The summed E-state index contributed by atoms with van der Waals surface area (Å²) in [5, 5.41) is 0. The quantitative estimate of drug-likeness (QED) is 0.161. The molecule has 52 heavy (non-hydrogen) atoms. The third-order valence-electron chi connectivity index (χ3n) is 10.4. The average Bonchev–Trinajstić information content (AvgIpc) is 3.98. The third kappa shape index (κ3) is 5.46. The molecule has 248 valence electrons. The molecule has 1 aliphatic carbocycles. The van der Waals surface area contributed by atoms with Crippen LogP contribution >= 0.6 is 0 Å². The van der Waals surface area contributed by atoms with Crippen LogP contribution in [0, 0.1) is 0 Å². The molecule has 0 saturated carbocycles. The Balaban J connectivity index is 1.41. The average molecular weight is 669 g/mol. The number of hydrogen-bond acceptors (Lipinski definition) is 2. The molecule has 0 aliphatic heterocycles. The first-order valence-electron chi connectivity index (χ1n) is 17.8. The lowest BCUT2D eigenvalue weighted by Gasteiger charge is -2.48. The second kappa shape index (κ2) is 13.6. The van der Waals surface area contributed by atoms with Crippen LogP contribution in [0.25, 0.3) is 39.4 Å². The number of furan rings is 2. The Labute approximate surface area is 304 Å². The molecule has 0 radical (unpaired) electrons. The first-order chi connectivity index (χ1) is 25.8. The zero-order valence-corrected chi connectivity index (χ0v) is 28.6. The Hall–Kier alpha value is -6.64. The molecule has 8 aromatic rings. The Kier molecular flexibility index (Phi) is 8.19. The minimum absolute atomic E-state index is 0.0759. The van der Waals surface area contributed by atoms with Crippen molar-refractivity contribution >= 4 is 16.7 Å². The van der Waals surface area contributed by atoms with Crippen LogP contribution in [-0.4, -0.2) is 0 Å². The van der Waals surface area contributed by atoms with Crippen molar-refractivity contribution in [2.45, 2.75) is 11.3 Å². The lowest BCUT2D eigenvalue weighted by molar-refractivity contribution is 0.580. The fraction of sp³-hybridized carbons (Fsp3) is 0.0400. The van der Waals surface area contributed by atoms with E-state index in [2.05, 4.69) is 176 Å². The Morgan fingerprint density at radius 1 is 0.365 bits per heavy atom. The van der Waals surface area contributed by atoms with Crippen LogP contribution in [0.3, 0.4) is 0 Å². The van der Waals surface area contributed by atoms with Crippen molar-refractivity contribution in [2.24, 2.45) is 0 Å². The molecule has 0 fully saturated rings. The maximum absolute atomic E-state index is 5.84. The molecule has 0 saturated heterocycles. The molecule has 2 atom stereocenters. The van der Waals surface area contributed by atoms with E-state index in [4.69, 9.17) is 8.83 Å². The van der Waals surface area contributed by atoms with Gasteiger partial charge < -0.3 is 8.83 Å². The fourth-order valence-corrected chi connectivity index (χ4v) is 8.10. The van der Waals surface area contributed by atoms with Gasteiger partial charge in [-0.2, -0.15) is 0 Å². The van der Waals surface area contributed by atoms with Crippen molar-refractivity contribution < 1.29 is 8.83 Å². The maximum atomic E-state index is 5.84. The van der Waals surface area contributed by atoms with Gasteiger partial charge in [-0.25, -0.2) is 0 Å². The smallest absolute Gasteiger partial charge is 0.133 e. The van der Waals surface area contributed by atoms with Gasteiger partial charge in [-0.15, -0.1) is 0 Å². The number of benzene rings is 6. The van der Waals surface area contributed by atoms with Crippen LogP contribution < -0.4 is 0 Å². The summed E-state index contributed by atoms with van der Waals surface area (Å²) in [6.07, 6.45) is 5.99. The van der Waals surface area contributed by atoms with Crippen LogP contribution in [0.1, 0.15) is 39.3 Å². The van der Waals surface area contributed by atoms with E-state index in [1.165, 1.54) is 44.5 Å². The van der Waals surface area contributed by atoms with Gasteiger partial charge in [0.25, 0.3) is 0 Å². The number of allylic oxidation sites excluding steroid dienone is 4. The highest BCUT2D eigenvalue weighted by Crippen LogP contribution is 2.61. The molecule has 2 heteroatoms. The van der Waals surface area contributed by atoms with E-state index < -0.39 is 5.41 Å².